The number of aromatic nitrogens is 6. The Hall–Kier alpha value is -9.52. The van der Waals surface area contributed by atoms with Gasteiger partial charge in [-0.15, -0.1) is 0 Å². The lowest BCUT2D eigenvalue weighted by Gasteiger charge is -2.15. The highest BCUT2D eigenvalue weighted by atomic mass is 15.0. The van der Waals surface area contributed by atoms with Gasteiger partial charge in [0.05, 0.1) is 55.2 Å². The van der Waals surface area contributed by atoms with Gasteiger partial charge >= 0.3 is 0 Å². The van der Waals surface area contributed by atoms with E-state index in [1.807, 2.05) is 24.5 Å². The minimum Gasteiger partial charge on any atom is -0.309 e. The maximum atomic E-state index is 4.68. The van der Waals surface area contributed by atoms with Gasteiger partial charge in [-0.1, -0.05) is 127 Å². The summed E-state index contributed by atoms with van der Waals surface area (Å²) in [6.45, 7) is 4.46. The molecule has 6 nitrogen and oxygen atoms in total. The van der Waals surface area contributed by atoms with Crippen molar-refractivity contribution < 1.29 is 0 Å². The molecule has 0 fully saturated rings. The van der Waals surface area contributed by atoms with E-state index in [0.29, 0.717) is 0 Å². The first kappa shape index (κ1) is 41.5. The summed E-state index contributed by atoms with van der Waals surface area (Å²) < 4.78 is 9.37. The largest absolute Gasteiger partial charge is 0.309 e. The molecule has 0 aliphatic carbocycles. The molecule has 0 amide bonds. The Kier molecular flexibility index (Phi) is 9.54. The van der Waals surface area contributed by atoms with Crippen LogP contribution < -0.4 is 0 Å². The molecule has 15 aromatic rings. The number of rotatable bonds is 5. The van der Waals surface area contributed by atoms with Crippen LogP contribution in [0.15, 0.2) is 243 Å². The molecule has 0 saturated heterocycles. The fourth-order valence-corrected chi connectivity index (χ4v) is 11.5. The van der Waals surface area contributed by atoms with Crippen LogP contribution in [0.25, 0.3) is 121 Å². The summed E-state index contributed by atoms with van der Waals surface area (Å²) in [5.41, 5.74) is 21.2. The van der Waals surface area contributed by atoms with Gasteiger partial charge < -0.3 is 18.3 Å². The molecule has 0 unspecified atom stereocenters. The molecule has 6 aromatic heterocycles. The Morgan fingerprint density at radius 3 is 0.903 bits per heavy atom. The molecule has 72 heavy (non-hydrogen) atoms. The zero-order chi connectivity index (χ0) is 47.9. The van der Waals surface area contributed by atoms with Crippen molar-refractivity contribution in [2.45, 2.75) is 13.8 Å². The SMILES string of the molecule is Cc1cc(-n2c3ccccc3c3ccccc32)ccc1-c1ccc(-n2c3ccccc3c3ccccc32)cc1C.c1cc(-n2c3ccccc3c3ncccc32)cc(-n2c3ccccc3c3ncccc32)c1. The second-order valence-electron chi connectivity index (χ2n) is 18.7. The van der Waals surface area contributed by atoms with Crippen LogP contribution in [-0.4, -0.2) is 28.2 Å². The monoisotopic (exact) mass is 922 g/mol. The smallest absolute Gasteiger partial charge is 0.0963 e. The van der Waals surface area contributed by atoms with Gasteiger partial charge in [-0.2, -0.15) is 0 Å². The van der Waals surface area contributed by atoms with Gasteiger partial charge in [0, 0.05) is 67.5 Å². The number of hydrogen-bond acceptors (Lipinski definition) is 2. The van der Waals surface area contributed by atoms with Crippen molar-refractivity contribution in [2.24, 2.45) is 0 Å². The van der Waals surface area contributed by atoms with E-state index < -0.39 is 0 Å². The van der Waals surface area contributed by atoms with Crippen LogP contribution in [0.1, 0.15) is 11.1 Å². The van der Waals surface area contributed by atoms with Crippen LogP contribution in [0, 0.1) is 13.8 Å². The van der Waals surface area contributed by atoms with Crippen molar-refractivity contribution in [1.29, 1.82) is 0 Å². The van der Waals surface area contributed by atoms with E-state index in [0.717, 1.165) is 55.2 Å². The molecule has 6 heterocycles. The number of para-hydroxylation sites is 6. The van der Waals surface area contributed by atoms with Gasteiger partial charge in [-0.05, 0) is 139 Å². The molecule has 6 heteroatoms. The Bertz CT molecular complexity index is 4110. The fraction of sp³-hybridized carbons (Fsp3) is 0.0303. The summed E-state index contributed by atoms with van der Waals surface area (Å²) >= 11 is 0. The highest BCUT2D eigenvalue weighted by Crippen LogP contribution is 2.38. The minimum atomic E-state index is 1.02. The lowest BCUT2D eigenvalue weighted by atomic mass is 9.95. The molecule has 0 aliphatic heterocycles. The van der Waals surface area contributed by atoms with E-state index >= 15 is 0 Å². The average molecular weight is 923 g/mol. The van der Waals surface area contributed by atoms with E-state index in [9.17, 15) is 0 Å². The van der Waals surface area contributed by atoms with Crippen LogP contribution in [-0.2, 0) is 0 Å². The Morgan fingerprint density at radius 2 is 0.542 bits per heavy atom. The van der Waals surface area contributed by atoms with Gasteiger partial charge in [0.1, 0.15) is 0 Å². The number of benzene rings is 9. The van der Waals surface area contributed by atoms with E-state index in [-0.39, 0.29) is 0 Å². The highest BCUT2D eigenvalue weighted by Gasteiger charge is 2.18. The van der Waals surface area contributed by atoms with Crippen molar-refractivity contribution in [2.75, 3.05) is 0 Å². The summed E-state index contributed by atoms with van der Waals surface area (Å²) in [7, 11) is 0. The van der Waals surface area contributed by atoms with Crippen molar-refractivity contribution in [1.82, 2.24) is 28.2 Å². The van der Waals surface area contributed by atoms with Crippen molar-refractivity contribution in [3.8, 4) is 33.9 Å². The predicted octanol–water partition coefficient (Wildman–Crippen LogP) is 16.8. The molecule has 0 bridgehead atoms. The Balaban J connectivity index is 0.000000137. The number of hydrogen-bond donors (Lipinski definition) is 0. The lowest BCUT2D eigenvalue weighted by molar-refractivity contribution is 1.13. The molecule has 9 aromatic carbocycles. The van der Waals surface area contributed by atoms with E-state index in [1.165, 1.54) is 77.2 Å². The van der Waals surface area contributed by atoms with Crippen molar-refractivity contribution in [3.05, 3.63) is 254 Å². The normalized spacial score (nSPS) is 11.8. The summed E-state index contributed by atoms with van der Waals surface area (Å²) in [5, 5.41) is 7.48. The molecular formula is C66H46N6. The van der Waals surface area contributed by atoms with Gasteiger partial charge in [0.2, 0.25) is 0 Å². The van der Waals surface area contributed by atoms with E-state index in [1.54, 1.807) is 0 Å². The quantitative estimate of drug-likeness (QED) is 0.173. The van der Waals surface area contributed by atoms with Crippen LogP contribution in [0.4, 0.5) is 0 Å². The first-order chi connectivity index (χ1) is 35.6. The Labute approximate surface area is 415 Å². The maximum Gasteiger partial charge on any atom is 0.0963 e. The molecule has 0 spiro atoms. The summed E-state index contributed by atoms with van der Waals surface area (Å²) in [6, 6.07) is 82.4. The van der Waals surface area contributed by atoms with Gasteiger partial charge in [0.25, 0.3) is 0 Å². The fourth-order valence-electron chi connectivity index (χ4n) is 11.5. The van der Waals surface area contributed by atoms with Gasteiger partial charge in [-0.3, -0.25) is 9.97 Å². The van der Waals surface area contributed by atoms with E-state index in [4.69, 9.17) is 0 Å². The van der Waals surface area contributed by atoms with Crippen molar-refractivity contribution >= 4 is 87.5 Å². The van der Waals surface area contributed by atoms with Crippen molar-refractivity contribution in [3.63, 3.8) is 0 Å². The number of fused-ring (bicyclic) bond motifs is 12. The molecule has 0 N–H and O–H groups in total. The third-order valence-electron chi connectivity index (χ3n) is 14.6. The topological polar surface area (TPSA) is 45.5 Å². The van der Waals surface area contributed by atoms with Gasteiger partial charge in [-0.25, -0.2) is 0 Å². The number of pyridine rings is 2. The standard InChI is InChI=1S/C38H28N2.C28H18N4/c1-25-23-27(39-35-15-7-3-11-31(35)32-12-4-8-16-36(32)39)19-21-29(25)30-22-20-28(24-26(30)2)40-37-17-9-5-13-33(37)34-14-6-10-18-38(34)40;1-3-12-23-21(10-1)27-25(14-6-16-29-27)31(23)19-8-5-9-20(18-19)32-24-13-4-2-11-22(24)28-26(32)15-7-17-30-28/h3-24H,1-2H3;1-18H. The summed E-state index contributed by atoms with van der Waals surface area (Å²) in [5.74, 6) is 0. The molecular weight excluding hydrogens is 877 g/mol. The van der Waals surface area contributed by atoms with Crippen LogP contribution >= 0.6 is 0 Å². The molecule has 0 saturated carbocycles. The predicted molar refractivity (Wildman–Crippen MR) is 301 cm³/mol. The number of nitrogens with zero attached hydrogens (tertiary/aromatic N) is 6. The molecule has 15 rings (SSSR count). The zero-order valence-electron chi connectivity index (χ0n) is 39.8. The third kappa shape index (κ3) is 6.43. The molecule has 0 atom stereocenters. The van der Waals surface area contributed by atoms with Gasteiger partial charge in [0.15, 0.2) is 0 Å². The summed E-state index contributed by atoms with van der Waals surface area (Å²) in [6.07, 6.45) is 3.72. The van der Waals surface area contributed by atoms with Crippen LogP contribution in [0.5, 0.6) is 0 Å². The van der Waals surface area contributed by atoms with Crippen LogP contribution in [0.2, 0.25) is 0 Å². The first-order valence-electron chi connectivity index (χ1n) is 24.6. The second-order valence-corrected chi connectivity index (χ2v) is 18.7. The molecule has 340 valence electrons. The number of aryl methyl sites for hydroxylation is 2. The zero-order valence-corrected chi connectivity index (χ0v) is 39.8. The first-order valence-corrected chi connectivity index (χ1v) is 24.6. The maximum absolute atomic E-state index is 4.68. The highest BCUT2D eigenvalue weighted by molar-refractivity contribution is 6.11. The average Bonchev–Trinajstić information content (AvgIpc) is 4.17. The van der Waals surface area contributed by atoms with Crippen LogP contribution in [0.3, 0.4) is 0 Å². The second kappa shape index (κ2) is 16.6. The minimum absolute atomic E-state index is 1.02. The summed E-state index contributed by atoms with van der Waals surface area (Å²) in [4.78, 5) is 9.35. The molecule has 0 radical (unpaired) electrons. The Morgan fingerprint density at radius 1 is 0.250 bits per heavy atom. The molecule has 0 aliphatic rings. The lowest BCUT2D eigenvalue weighted by Crippen LogP contribution is -1.98. The third-order valence-corrected chi connectivity index (χ3v) is 14.6. The van der Waals surface area contributed by atoms with E-state index in [2.05, 4.69) is 260 Å².